The lowest BCUT2D eigenvalue weighted by Crippen LogP contribution is -1.91. The normalized spacial score (nSPS) is 10.5. The van der Waals surface area contributed by atoms with Gasteiger partial charge >= 0.3 is 0 Å². The van der Waals surface area contributed by atoms with Crippen molar-refractivity contribution in [3.63, 3.8) is 0 Å². The Balaban J connectivity index is 2.28. The second-order valence-corrected chi connectivity index (χ2v) is 4.51. The van der Waals surface area contributed by atoms with Gasteiger partial charge in [-0.05, 0) is 23.3 Å². The molecule has 0 amide bonds. The van der Waals surface area contributed by atoms with E-state index < -0.39 is 0 Å². The largest absolute Gasteiger partial charge is 0.206 e. The van der Waals surface area contributed by atoms with E-state index in [0.29, 0.717) is 16.7 Å². The van der Waals surface area contributed by atoms with Gasteiger partial charge in [0.2, 0.25) is 0 Å². The molecular formula is C18H12F2. The van der Waals surface area contributed by atoms with Gasteiger partial charge in [-0.25, -0.2) is 8.78 Å². The molecule has 0 unspecified atom stereocenters. The zero-order chi connectivity index (χ0) is 13.9. The third-order valence-corrected chi connectivity index (χ3v) is 3.24. The summed E-state index contributed by atoms with van der Waals surface area (Å²) < 4.78 is 28.2. The van der Waals surface area contributed by atoms with E-state index in [1.807, 2.05) is 30.3 Å². The van der Waals surface area contributed by atoms with Crippen LogP contribution < -0.4 is 0 Å². The molecule has 0 bridgehead atoms. The maximum atomic E-state index is 14.2. The Hall–Kier alpha value is -2.48. The first-order valence-electron chi connectivity index (χ1n) is 6.36. The van der Waals surface area contributed by atoms with Crippen LogP contribution in [-0.2, 0) is 0 Å². The summed E-state index contributed by atoms with van der Waals surface area (Å²) in [4.78, 5) is 0. The maximum absolute atomic E-state index is 14.2. The van der Waals surface area contributed by atoms with Gasteiger partial charge in [-0.15, -0.1) is 0 Å². The van der Waals surface area contributed by atoms with Gasteiger partial charge in [0.1, 0.15) is 11.6 Å². The molecule has 0 atom stereocenters. The first kappa shape index (κ1) is 12.5. The van der Waals surface area contributed by atoms with Crippen LogP contribution in [0.5, 0.6) is 0 Å². The van der Waals surface area contributed by atoms with Gasteiger partial charge in [0, 0.05) is 11.1 Å². The fraction of sp³-hybridized carbons (Fsp3) is 0. The predicted octanol–water partition coefficient (Wildman–Crippen LogP) is 5.30. The molecule has 0 fully saturated rings. The summed E-state index contributed by atoms with van der Waals surface area (Å²) in [5.41, 5.74) is 2.14. The molecular weight excluding hydrogens is 254 g/mol. The van der Waals surface area contributed by atoms with Crippen molar-refractivity contribution in [2.75, 3.05) is 0 Å². The van der Waals surface area contributed by atoms with Gasteiger partial charge in [-0.3, -0.25) is 0 Å². The number of halogens is 2. The average molecular weight is 266 g/mol. The van der Waals surface area contributed by atoms with Crippen molar-refractivity contribution >= 4 is 0 Å². The highest BCUT2D eigenvalue weighted by Gasteiger charge is 2.14. The Morgan fingerprint density at radius 3 is 1.85 bits per heavy atom. The first-order valence-corrected chi connectivity index (χ1v) is 6.36. The lowest BCUT2D eigenvalue weighted by molar-refractivity contribution is 0.627. The quantitative estimate of drug-likeness (QED) is 0.590. The predicted molar refractivity (Wildman–Crippen MR) is 77.2 cm³/mol. The van der Waals surface area contributed by atoms with Crippen molar-refractivity contribution in [1.82, 2.24) is 0 Å². The van der Waals surface area contributed by atoms with Crippen LogP contribution in [0.1, 0.15) is 0 Å². The summed E-state index contributed by atoms with van der Waals surface area (Å²) >= 11 is 0. The molecule has 0 N–H and O–H groups in total. The molecule has 20 heavy (non-hydrogen) atoms. The van der Waals surface area contributed by atoms with Crippen LogP contribution in [0.2, 0.25) is 0 Å². The van der Waals surface area contributed by atoms with E-state index in [0.717, 1.165) is 5.56 Å². The molecule has 0 heterocycles. The zero-order valence-corrected chi connectivity index (χ0v) is 10.7. The molecule has 0 aliphatic carbocycles. The maximum Gasteiger partial charge on any atom is 0.131 e. The molecule has 0 saturated carbocycles. The van der Waals surface area contributed by atoms with Crippen LogP contribution in [0, 0.1) is 11.6 Å². The standard InChI is InChI=1S/C18H12F2/c19-16-11-5-4-9-14(16)15-10-6-12-17(20)18(15)13-7-2-1-3-8-13/h1-12H. The van der Waals surface area contributed by atoms with Gasteiger partial charge < -0.3 is 0 Å². The van der Waals surface area contributed by atoms with Crippen LogP contribution >= 0.6 is 0 Å². The van der Waals surface area contributed by atoms with Crippen LogP contribution in [0.25, 0.3) is 22.3 Å². The minimum atomic E-state index is -0.352. The lowest BCUT2D eigenvalue weighted by Gasteiger charge is -2.12. The van der Waals surface area contributed by atoms with E-state index >= 15 is 0 Å². The molecule has 0 aliphatic heterocycles. The minimum absolute atomic E-state index is 0.350. The van der Waals surface area contributed by atoms with E-state index in [-0.39, 0.29) is 11.6 Å². The summed E-state index contributed by atoms with van der Waals surface area (Å²) in [6.45, 7) is 0. The summed E-state index contributed by atoms with van der Waals surface area (Å²) in [6, 6.07) is 20.3. The van der Waals surface area contributed by atoms with Crippen molar-refractivity contribution in [3.8, 4) is 22.3 Å². The Morgan fingerprint density at radius 2 is 1.10 bits per heavy atom. The van der Waals surface area contributed by atoms with Gasteiger partial charge in [0.15, 0.2) is 0 Å². The average Bonchev–Trinajstić information content (AvgIpc) is 2.48. The third kappa shape index (κ3) is 2.21. The molecule has 0 saturated heterocycles. The molecule has 0 aromatic heterocycles. The summed E-state index contributed by atoms with van der Waals surface area (Å²) in [6.07, 6.45) is 0. The number of benzene rings is 3. The van der Waals surface area contributed by atoms with Gasteiger partial charge in [0.25, 0.3) is 0 Å². The van der Waals surface area contributed by atoms with Crippen LogP contribution in [0.15, 0.2) is 72.8 Å². The molecule has 0 aliphatic rings. The van der Waals surface area contributed by atoms with Crippen molar-refractivity contribution in [2.45, 2.75) is 0 Å². The van der Waals surface area contributed by atoms with E-state index in [9.17, 15) is 8.78 Å². The zero-order valence-electron chi connectivity index (χ0n) is 10.7. The van der Waals surface area contributed by atoms with Gasteiger partial charge in [-0.2, -0.15) is 0 Å². The van der Waals surface area contributed by atoms with E-state index in [2.05, 4.69) is 0 Å². The molecule has 2 heteroatoms. The lowest BCUT2D eigenvalue weighted by atomic mass is 9.94. The fourth-order valence-corrected chi connectivity index (χ4v) is 2.33. The van der Waals surface area contributed by atoms with Crippen LogP contribution in [-0.4, -0.2) is 0 Å². The Morgan fingerprint density at radius 1 is 0.500 bits per heavy atom. The van der Waals surface area contributed by atoms with Gasteiger partial charge in [-0.1, -0.05) is 60.7 Å². The molecule has 98 valence electrons. The Kier molecular flexibility index (Phi) is 3.30. The van der Waals surface area contributed by atoms with Crippen molar-refractivity contribution in [2.24, 2.45) is 0 Å². The SMILES string of the molecule is Fc1ccccc1-c1cccc(F)c1-c1ccccc1. The van der Waals surface area contributed by atoms with Gasteiger partial charge in [0.05, 0.1) is 0 Å². The number of hydrogen-bond acceptors (Lipinski definition) is 0. The third-order valence-electron chi connectivity index (χ3n) is 3.24. The monoisotopic (exact) mass is 266 g/mol. The molecule has 0 radical (unpaired) electrons. The Bertz CT molecular complexity index is 733. The summed E-state index contributed by atoms with van der Waals surface area (Å²) in [5, 5.41) is 0. The van der Waals surface area contributed by atoms with E-state index in [4.69, 9.17) is 0 Å². The number of hydrogen-bond donors (Lipinski definition) is 0. The highest BCUT2D eigenvalue weighted by Crippen LogP contribution is 2.35. The second-order valence-electron chi connectivity index (χ2n) is 4.51. The van der Waals surface area contributed by atoms with E-state index in [1.165, 1.54) is 12.1 Å². The number of rotatable bonds is 2. The summed E-state index contributed by atoms with van der Waals surface area (Å²) in [7, 11) is 0. The highest BCUT2D eigenvalue weighted by atomic mass is 19.1. The smallest absolute Gasteiger partial charge is 0.131 e. The molecule has 3 aromatic rings. The highest BCUT2D eigenvalue weighted by molar-refractivity contribution is 5.84. The molecule has 3 rings (SSSR count). The van der Waals surface area contributed by atoms with Crippen LogP contribution in [0.3, 0.4) is 0 Å². The van der Waals surface area contributed by atoms with Crippen molar-refractivity contribution in [1.29, 1.82) is 0 Å². The molecule has 0 spiro atoms. The van der Waals surface area contributed by atoms with E-state index in [1.54, 1.807) is 30.3 Å². The van der Waals surface area contributed by atoms with Crippen molar-refractivity contribution < 1.29 is 8.78 Å². The fourth-order valence-electron chi connectivity index (χ4n) is 2.33. The topological polar surface area (TPSA) is 0 Å². The second kappa shape index (κ2) is 5.25. The molecule has 0 nitrogen and oxygen atoms in total. The van der Waals surface area contributed by atoms with Crippen LogP contribution in [0.4, 0.5) is 8.78 Å². The molecule has 3 aromatic carbocycles. The first-order chi connectivity index (χ1) is 9.77. The minimum Gasteiger partial charge on any atom is -0.206 e. The Labute approximate surface area is 116 Å². The van der Waals surface area contributed by atoms with Crippen molar-refractivity contribution in [3.05, 3.63) is 84.4 Å². The summed E-state index contributed by atoms with van der Waals surface area (Å²) in [5.74, 6) is -0.702.